The van der Waals surface area contributed by atoms with Crippen LogP contribution in [0.15, 0.2) is 36.4 Å². The first kappa shape index (κ1) is 21.3. The van der Waals surface area contributed by atoms with Crippen LogP contribution < -0.4 is 9.62 Å². The number of hydrogen-bond acceptors (Lipinski definition) is 5. The molecule has 4 rings (SSSR count). The molecule has 0 aliphatic carbocycles. The number of fused-ring (bicyclic) bond motifs is 1. The molecule has 0 radical (unpaired) electrons. The Balaban J connectivity index is 1.40. The highest BCUT2D eigenvalue weighted by atomic mass is 32.2. The van der Waals surface area contributed by atoms with Crippen LogP contribution in [0.5, 0.6) is 0 Å². The van der Waals surface area contributed by atoms with Crippen LogP contribution in [-0.2, 0) is 27.6 Å². The second-order valence-electron chi connectivity index (χ2n) is 8.38. The van der Waals surface area contributed by atoms with Gasteiger partial charge >= 0.3 is 0 Å². The molecule has 2 aliphatic heterocycles. The molecule has 0 saturated carbocycles. The normalized spacial score (nSPS) is 22.8. The van der Waals surface area contributed by atoms with Crippen molar-refractivity contribution in [2.24, 2.45) is 0 Å². The van der Waals surface area contributed by atoms with Gasteiger partial charge in [0.2, 0.25) is 10.0 Å². The summed E-state index contributed by atoms with van der Waals surface area (Å²) in [7, 11) is -3.29. The van der Waals surface area contributed by atoms with Gasteiger partial charge in [0.1, 0.15) is 0 Å². The predicted molar refractivity (Wildman–Crippen MR) is 118 cm³/mol. The van der Waals surface area contributed by atoms with Crippen LogP contribution in [0.2, 0.25) is 0 Å². The van der Waals surface area contributed by atoms with E-state index in [-0.39, 0.29) is 18.2 Å². The number of aromatic nitrogens is 2. The summed E-state index contributed by atoms with van der Waals surface area (Å²) in [5.74, 6) is 0. The van der Waals surface area contributed by atoms with E-state index < -0.39 is 10.0 Å². The number of ether oxygens (including phenoxy) is 1. The van der Waals surface area contributed by atoms with Crippen molar-refractivity contribution in [3.05, 3.63) is 47.8 Å². The molecule has 2 atom stereocenters. The zero-order valence-corrected chi connectivity index (χ0v) is 18.6. The van der Waals surface area contributed by atoms with Gasteiger partial charge in [0.15, 0.2) is 0 Å². The molecule has 1 saturated heterocycles. The molecule has 164 valence electrons. The second kappa shape index (κ2) is 9.08. The SMILES string of the molecule is CCc1cc2n(n1)C(COC1CCN(c3ccccc3)CC1)C(NS(C)(=O)=O)CC2. The van der Waals surface area contributed by atoms with E-state index in [1.165, 1.54) is 17.6 Å². The number of rotatable bonds is 7. The van der Waals surface area contributed by atoms with Crippen molar-refractivity contribution in [1.82, 2.24) is 14.5 Å². The standard InChI is InChI=1S/C22H32N4O3S/c1-3-17-15-19-9-10-21(24-30(2,27)28)22(26(19)23-17)16-29-20-11-13-25(14-12-20)18-7-5-4-6-8-18/h4-8,15,20-22,24H,3,9-14,16H2,1-2H3. The highest BCUT2D eigenvalue weighted by Gasteiger charge is 2.33. The van der Waals surface area contributed by atoms with Gasteiger partial charge in [-0.15, -0.1) is 0 Å². The smallest absolute Gasteiger partial charge is 0.209 e. The van der Waals surface area contributed by atoms with Crippen LogP contribution >= 0.6 is 0 Å². The molecule has 1 aromatic carbocycles. The molecule has 30 heavy (non-hydrogen) atoms. The maximum Gasteiger partial charge on any atom is 0.209 e. The first-order chi connectivity index (χ1) is 14.4. The van der Waals surface area contributed by atoms with E-state index in [1.807, 2.05) is 10.7 Å². The summed E-state index contributed by atoms with van der Waals surface area (Å²) >= 11 is 0. The molecule has 0 spiro atoms. The van der Waals surface area contributed by atoms with Crippen molar-refractivity contribution in [3.8, 4) is 0 Å². The van der Waals surface area contributed by atoms with Crippen molar-refractivity contribution in [2.75, 3.05) is 30.9 Å². The molecule has 8 heteroatoms. The van der Waals surface area contributed by atoms with Gasteiger partial charge in [0.25, 0.3) is 0 Å². The number of hydrogen-bond donors (Lipinski definition) is 1. The third kappa shape index (κ3) is 5.04. The summed E-state index contributed by atoms with van der Waals surface area (Å²) in [6, 6.07) is 12.3. The van der Waals surface area contributed by atoms with E-state index in [4.69, 9.17) is 9.84 Å². The Morgan fingerprint density at radius 3 is 2.57 bits per heavy atom. The Bertz CT molecular complexity index is 937. The lowest BCUT2D eigenvalue weighted by Crippen LogP contribution is -2.47. The Hall–Kier alpha value is -1.90. The van der Waals surface area contributed by atoms with Gasteiger partial charge in [-0.25, -0.2) is 13.1 Å². The maximum absolute atomic E-state index is 11.9. The van der Waals surface area contributed by atoms with Gasteiger partial charge in [0, 0.05) is 30.5 Å². The minimum absolute atomic E-state index is 0.115. The lowest BCUT2D eigenvalue weighted by molar-refractivity contribution is 0.00612. The number of anilines is 1. The van der Waals surface area contributed by atoms with Gasteiger partial charge in [-0.3, -0.25) is 4.68 Å². The Morgan fingerprint density at radius 1 is 1.17 bits per heavy atom. The van der Waals surface area contributed by atoms with E-state index in [2.05, 4.69) is 46.9 Å². The number of aryl methyl sites for hydroxylation is 2. The highest BCUT2D eigenvalue weighted by molar-refractivity contribution is 7.88. The highest BCUT2D eigenvalue weighted by Crippen LogP contribution is 2.28. The number of sulfonamides is 1. The number of benzene rings is 1. The van der Waals surface area contributed by atoms with Crippen LogP contribution in [0.3, 0.4) is 0 Å². The van der Waals surface area contributed by atoms with Gasteiger partial charge in [-0.2, -0.15) is 5.10 Å². The van der Waals surface area contributed by atoms with Gasteiger partial charge in [-0.1, -0.05) is 25.1 Å². The quantitative estimate of drug-likeness (QED) is 0.728. The van der Waals surface area contributed by atoms with Crippen molar-refractivity contribution < 1.29 is 13.2 Å². The number of para-hydroxylation sites is 1. The number of piperidine rings is 1. The number of nitrogens with one attached hydrogen (secondary N) is 1. The minimum Gasteiger partial charge on any atom is -0.376 e. The summed E-state index contributed by atoms with van der Waals surface area (Å²) in [4.78, 5) is 2.40. The zero-order chi connectivity index (χ0) is 21.1. The fourth-order valence-electron chi connectivity index (χ4n) is 4.56. The van der Waals surface area contributed by atoms with Crippen LogP contribution in [-0.4, -0.2) is 56.3 Å². The van der Waals surface area contributed by atoms with Crippen LogP contribution in [0.25, 0.3) is 0 Å². The first-order valence-corrected chi connectivity index (χ1v) is 12.8. The van der Waals surface area contributed by atoms with E-state index in [1.54, 1.807) is 0 Å². The molecule has 2 aromatic rings. The van der Waals surface area contributed by atoms with Crippen LogP contribution in [0.4, 0.5) is 5.69 Å². The molecule has 3 heterocycles. The third-order valence-electron chi connectivity index (χ3n) is 6.15. The van der Waals surface area contributed by atoms with E-state index >= 15 is 0 Å². The Labute approximate surface area is 179 Å². The summed E-state index contributed by atoms with van der Waals surface area (Å²) in [5, 5.41) is 4.74. The summed E-state index contributed by atoms with van der Waals surface area (Å²) in [6.07, 6.45) is 5.82. The molecule has 1 aromatic heterocycles. The van der Waals surface area contributed by atoms with Gasteiger partial charge in [-0.05, 0) is 50.3 Å². The number of nitrogens with zero attached hydrogens (tertiary/aromatic N) is 3. The lowest BCUT2D eigenvalue weighted by atomic mass is 9.98. The van der Waals surface area contributed by atoms with Gasteiger partial charge < -0.3 is 9.64 Å². The molecular formula is C22H32N4O3S. The Kier molecular flexibility index (Phi) is 6.46. The average Bonchev–Trinajstić information content (AvgIpc) is 3.16. The zero-order valence-electron chi connectivity index (χ0n) is 17.8. The fourth-order valence-corrected chi connectivity index (χ4v) is 5.38. The predicted octanol–water partition coefficient (Wildman–Crippen LogP) is 2.54. The summed E-state index contributed by atoms with van der Waals surface area (Å²) < 4.78 is 35.0. The molecule has 7 nitrogen and oxygen atoms in total. The second-order valence-corrected chi connectivity index (χ2v) is 10.2. The molecule has 2 aliphatic rings. The van der Waals surface area contributed by atoms with Crippen LogP contribution in [0, 0.1) is 0 Å². The van der Waals surface area contributed by atoms with Crippen molar-refractivity contribution in [3.63, 3.8) is 0 Å². The largest absolute Gasteiger partial charge is 0.376 e. The molecule has 2 unspecified atom stereocenters. The minimum atomic E-state index is -3.29. The van der Waals surface area contributed by atoms with Crippen molar-refractivity contribution in [2.45, 2.75) is 57.2 Å². The van der Waals surface area contributed by atoms with E-state index in [0.717, 1.165) is 50.9 Å². The molecular weight excluding hydrogens is 400 g/mol. The van der Waals surface area contributed by atoms with E-state index in [0.29, 0.717) is 6.61 Å². The summed E-state index contributed by atoms with van der Waals surface area (Å²) in [5.41, 5.74) is 3.48. The molecule has 0 bridgehead atoms. The van der Waals surface area contributed by atoms with Crippen molar-refractivity contribution >= 4 is 15.7 Å². The third-order valence-corrected chi connectivity index (χ3v) is 6.88. The monoisotopic (exact) mass is 432 g/mol. The lowest BCUT2D eigenvalue weighted by Gasteiger charge is -2.36. The van der Waals surface area contributed by atoms with Gasteiger partial charge in [0.05, 0.1) is 30.7 Å². The fraction of sp³-hybridized carbons (Fsp3) is 0.591. The summed E-state index contributed by atoms with van der Waals surface area (Å²) in [6.45, 7) is 4.50. The maximum atomic E-state index is 11.9. The van der Waals surface area contributed by atoms with Crippen molar-refractivity contribution in [1.29, 1.82) is 0 Å². The van der Waals surface area contributed by atoms with E-state index in [9.17, 15) is 8.42 Å². The molecule has 0 amide bonds. The topological polar surface area (TPSA) is 76.5 Å². The molecule has 1 fully saturated rings. The molecule has 1 N–H and O–H groups in total. The first-order valence-electron chi connectivity index (χ1n) is 10.9. The Morgan fingerprint density at radius 2 is 1.90 bits per heavy atom. The average molecular weight is 433 g/mol. The van der Waals surface area contributed by atoms with Crippen LogP contribution in [0.1, 0.15) is 43.6 Å².